The first-order valence-corrected chi connectivity index (χ1v) is 6.47. The van der Waals surface area contributed by atoms with Gasteiger partial charge in [-0.25, -0.2) is 4.39 Å². The van der Waals surface area contributed by atoms with Crippen molar-refractivity contribution in [2.45, 2.75) is 45.7 Å². The molecule has 0 spiro atoms. The van der Waals surface area contributed by atoms with Crippen LogP contribution in [0.3, 0.4) is 0 Å². The van der Waals surface area contributed by atoms with E-state index in [2.05, 4.69) is 0 Å². The van der Waals surface area contributed by atoms with Crippen LogP contribution in [0.1, 0.15) is 43.4 Å². The molecule has 1 aromatic carbocycles. The third kappa shape index (κ3) is 3.45. The highest BCUT2D eigenvalue weighted by atomic mass is 19.1. The van der Waals surface area contributed by atoms with E-state index >= 15 is 0 Å². The second kappa shape index (κ2) is 6.19. The van der Waals surface area contributed by atoms with Gasteiger partial charge in [0.1, 0.15) is 11.4 Å². The van der Waals surface area contributed by atoms with Crippen molar-refractivity contribution in [3.8, 4) is 5.75 Å². The van der Waals surface area contributed by atoms with Crippen molar-refractivity contribution in [2.75, 3.05) is 13.7 Å². The molecule has 1 aromatic rings. The van der Waals surface area contributed by atoms with E-state index in [1.807, 2.05) is 19.1 Å². The molecule has 0 radical (unpaired) electrons. The smallest absolute Gasteiger partial charge is 0.134 e. The van der Waals surface area contributed by atoms with E-state index in [1.54, 1.807) is 21.0 Å². The summed E-state index contributed by atoms with van der Waals surface area (Å²) in [5.41, 5.74) is 7.00. The molecule has 0 amide bonds. The maximum Gasteiger partial charge on any atom is 0.134 e. The zero-order valence-corrected chi connectivity index (χ0v) is 11.8. The molecule has 0 atom stereocenters. The van der Waals surface area contributed by atoms with Crippen LogP contribution in [0.25, 0.3) is 0 Å². The summed E-state index contributed by atoms with van der Waals surface area (Å²) in [5, 5.41) is 0. The fourth-order valence-electron chi connectivity index (χ4n) is 2.18. The third-order valence-electron chi connectivity index (χ3n) is 3.22. The van der Waals surface area contributed by atoms with Gasteiger partial charge in [0.2, 0.25) is 0 Å². The molecule has 0 saturated carbocycles. The van der Waals surface area contributed by atoms with Gasteiger partial charge in [0.25, 0.3) is 0 Å². The second-order valence-corrected chi connectivity index (χ2v) is 5.16. The molecule has 0 heterocycles. The summed E-state index contributed by atoms with van der Waals surface area (Å²) in [6, 6.07) is 3.79. The fourth-order valence-corrected chi connectivity index (χ4v) is 2.18. The largest absolute Gasteiger partial charge is 0.496 e. The van der Waals surface area contributed by atoms with Crippen molar-refractivity contribution >= 4 is 0 Å². The molecular formula is C15H24FNO. The Morgan fingerprint density at radius 3 is 2.44 bits per heavy atom. The molecule has 3 heteroatoms. The standard InChI is InChI=1S/C15H24FNO/c1-11-8-9-13(15(2,3)16)14(18-4)12(11)7-5-6-10-17/h8-9H,5-7,10,17H2,1-4H3. The zero-order chi connectivity index (χ0) is 13.8. The van der Waals surface area contributed by atoms with Gasteiger partial charge in [-0.1, -0.05) is 12.1 Å². The van der Waals surface area contributed by atoms with Crippen molar-refractivity contribution in [1.29, 1.82) is 0 Å². The fraction of sp³-hybridized carbons (Fsp3) is 0.600. The van der Waals surface area contributed by atoms with Crippen molar-refractivity contribution in [3.63, 3.8) is 0 Å². The first-order valence-electron chi connectivity index (χ1n) is 6.47. The molecule has 2 N–H and O–H groups in total. The van der Waals surface area contributed by atoms with E-state index in [0.717, 1.165) is 30.4 Å². The van der Waals surface area contributed by atoms with E-state index in [-0.39, 0.29) is 0 Å². The Labute approximate surface area is 109 Å². The van der Waals surface area contributed by atoms with Crippen molar-refractivity contribution in [2.24, 2.45) is 5.73 Å². The number of halogens is 1. The van der Waals surface area contributed by atoms with Gasteiger partial charge in [-0.2, -0.15) is 0 Å². The number of aryl methyl sites for hydroxylation is 1. The summed E-state index contributed by atoms with van der Waals surface area (Å²) >= 11 is 0. The number of alkyl halides is 1. The second-order valence-electron chi connectivity index (χ2n) is 5.16. The molecule has 0 saturated heterocycles. The van der Waals surface area contributed by atoms with Gasteiger partial charge in [0.15, 0.2) is 0 Å². The molecule has 0 aliphatic carbocycles. The Kier molecular flexibility index (Phi) is 5.15. The Balaban J connectivity index is 3.14. The lowest BCUT2D eigenvalue weighted by atomic mass is 9.92. The number of methoxy groups -OCH3 is 1. The zero-order valence-electron chi connectivity index (χ0n) is 11.8. The first kappa shape index (κ1) is 15.0. The number of benzene rings is 1. The van der Waals surface area contributed by atoms with Gasteiger partial charge in [-0.05, 0) is 57.7 Å². The third-order valence-corrected chi connectivity index (χ3v) is 3.22. The lowest BCUT2D eigenvalue weighted by Crippen LogP contribution is -2.13. The number of rotatable bonds is 6. The number of unbranched alkanes of at least 4 members (excludes halogenated alkanes) is 1. The molecular weight excluding hydrogens is 229 g/mol. The average molecular weight is 253 g/mol. The molecule has 1 rings (SSSR count). The molecule has 0 unspecified atom stereocenters. The quantitative estimate of drug-likeness (QED) is 0.788. The predicted molar refractivity (Wildman–Crippen MR) is 73.9 cm³/mol. The summed E-state index contributed by atoms with van der Waals surface area (Å²) in [7, 11) is 1.61. The molecule has 0 bridgehead atoms. The lowest BCUT2D eigenvalue weighted by Gasteiger charge is -2.22. The minimum absolute atomic E-state index is 0.623. The molecule has 0 fully saturated rings. The van der Waals surface area contributed by atoms with Crippen LogP contribution in [-0.2, 0) is 12.1 Å². The van der Waals surface area contributed by atoms with Gasteiger partial charge in [0.05, 0.1) is 7.11 Å². The van der Waals surface area contributed by atoms with E-state index < -0.39 is 5.67 Å². The topological polar surface area (TPSA) is 35.2 Å². The Morgan fingerprint density at radius 2 is 1.94 bits per heavy atom. The summed E-state index contributed by atoms with van der Waals surface area (Å²) in [6.07, 6.45) is 2.87. The van der Waals surface area contributed by atoms with E-state index in [9.17, 15) is 4.39 Å². The highest BCUT2D eigenvalue weighted by Gasteiger charge is 2.25. The van der Waals surface area contributed by atoms with Gasteiger partial charge >= 0.3 is 0 Å². The Hall–Kier alpha value is -1.09. The molecule has 102 valence electrons. The maximum absolute atomic E-state index is 14.2. The predicted octanol–water partition coefficient (Wildman–Crippen LogP) is 3.49. The lowest BCUT2D eigenvalue weighted by molar-refractivity contribution is 0.213. The van der Waals surface area contributed by atoms with Crippen LogP contribution in [0.15, 0.2) is 12.1 Å². The van der Waals surface area contributed by atoms with Crippen LogP contribution in [0.2, 0.25) is 0 Å². The van der Waals surface area contributed by atoms with E-state index in [1.165, 1.54) is 0 Å². The van der Waals surface area contributed by atoms with E-state index in [4.69, 9.17) is 10.5 Å². The summed E-state index contributed by atoms with van der Waals surface area (Å²) in [5.74, 6) is 0.694. The highest BCUT2D eigenvalue weighted by Crippen LogP contribution is 2.37. The minimum Gasteiger partial charge on any atom is -0.496 e. The molecule has 0 aliphatic heterocycles. The number of hydrogen-bond acceptors (Lipinski definition) is 2. The van der Waals surface area contributed by atoms with Crippen LogP contribution < -0.4 is 10.5 Å². The van der Waals surface area contributed by atoms with Crippen LogP contribution in [0, 0.1) is 6.92 Å². The van der Waals surface area contributed by atoms with Crippen molar-refractivity contribution in [1.82, 2.24) is 0 Å². The molecule has 2 nitrogen and oxygen atoms in total. The SMILES string of the molecule is COc1c(C(C)(C)F)ccc(C)c1CCCCN. The van der Waals surface area contributed by atoms with Crippen LogP contribution in [0.4, 0.5) is 4.39 Å². The average Bonchev–Trinajstić information content (AvgIpc) is 2.29. The highest BCUT2D eigenvalue weighted by molar-refractivity contribution is 5.48. The van der Waals surface area contributed by atoms with Gasteiger partial charge in [-0.15, -0.1) is 0 Å². The number of ether oxygens (including phenoxy) is 1. The Bertz CT molecular complexity index is 396. The summed E-state index contributed by atoms with van der Waals surface area (Å²) < 4.78 is 19.6. The summed E-state index contributed by atoms with van der Waals surface area (Å²) in [6.45, 7) is 5.85. The van der Waals surface area contributed by atoms with Crippen LogP contribution in [-0.4, -0.2) is 13.7 Å². The summed E-state index contributed by atoms with van der Waals surface area (Å²) in [4.78, 5) is 0. The van der Waals surface area contributed by atoms with Gasteiger partial charge in [-0.3, -0.25) is 0 Å². The number of nitrogens with two attached hydrogens (primary N) is 1. The first-order chi connectivity index (χ1) is 8.41. The number of hydrogen-bond donors (Lipinski definition) is 1. The van der Waals surface area contributed by atoms with Gasteiger partial charge < -0.3 is 10.5 Å². The molecule has 0 aliphatic rings. The van der Waals surface area contributed by atoms with Crippen molar-refractivity contribution in [3.05, 3.63) is 28.8 Å². The Morgan fingerprint density at radius 1 is 1.28 bits per heavy atom. The monoisotopic (exact) mass is 253 g/mol. The van der Waals surface area contributed by atoms with Crippen LogP contribution >= 0.6 is 0 Å². The van der Waals surface area contributed by atoms with E-state index in [0.29, 0.717) is 17.9 Å². The molecule has 0 aromatic heterocycles. The van der Waals surface area contributed by atoms with Crippen LogP contribution in [0.5, 0.6) is 5.75 Å². The normalized spacial score (nSPS) is 11.7. The maximum atomic E-state index is 14.2. The molecule has 18 heavy (non-hydrogen) atoms. The van der Waals surface area contributed by atoms with Crippen molar-refractivity contribution < 1.29 is 9.13 Å². The minimum atomic E-state index is -1.39. The van der Waals surface area contributed by atoms with Gasteiger partial charge in [0, 0.05) is 5.56 Å².